The van der Waals surface area contributed by atoms with Crippen LogP contribution >= 0.6 is 0 Å². The van der Waals surface area contributed by atoms with Gasteiger partial charge in [-0.15, -0.1) is 12.1 Å². The maximum Gasteiger partial charge on any atom is 1.00 e. The first-order chi connectivity index (χ1) is 6.43. The van der Waals surface area contributed by atoms with Gasteiger partial charge in [0.05, 0.1) is 0 Å². The molecule has 1 fully saturated rings. The van der Waals surface area contributed by atoms with Gasteiger partial charge in [0.25, 0.3) is 0 Å². The van der Waals surface area contributed by atoms with Gasteiger partial charge in [0.2, 0.25) is 0 Å². The molecule has 1 unspecified atom stereocenters. The molecule has 1 nitrogen and oxygen atoms in total. The fourth-order valence-corrected chi connectivity index (χ4v) is 1.78. The molecule has 1 aliphatic rings. The summed E-state index contributed by atoms with van der Waals surface area (Å²) in [4.78, 5) is 1.85. The van der Waals surface area contributed by atoms with Crippen LogP contribution in [-0.2, 0) is 0 Å². The molecule has 0 aromatic rings. The van der Waals surface area contributed by atoms with Crippen molar-refractivity contribution in [1.29, 1.82) is 0 Å². The van der Waals surface area contributed by atoms with E-state index >= 15 is 0 Å². The SMILES string of the molecule is C=C(CN1CCC(CC)C1)[B-](F)(F)F.[K+]. The first kappa shape index (κ1) is 16.2. The van der Waals surface area contributed by atoms with Gasteiger partial charge in [-0.05, 0) is 25.4 Å². The zero-order chi connectivity index (χ0) is 10.8. The van der Waals surface area contributed by atoms with Crippen LogP contribution in [0.2, 0.25) is 0 Å². The van der Waals surface area contributed by atoms with Gasteiger partial charge in [-0.2, -0.15) is 0 Å². The predicted molar refractivity (Wildman–Crippen MR) is 53.1 cm³/mol. The largest absolute Gasteiger partial charge is 1.00 e. The summed E-state index contributed by atoms with van der Waals surface area (Å²) in [6.45, 7) is 1.91. The molecule has 0 radical (unpaired) electrons. The Hall–Kier alpha value is 1.19. The molecule has 0 N–H and O–H groups in total. The van der Waals surface area contributed by atoms with Gasteiger partial charge in [0.15, 0.2) is 0 Å². The second-order valence-corrected chi connectivity index (χ2v) is 4.03. The van der Waals surface area contributed by atoms with Crippen LogP contribution < -0.4 is 51.4 Å². The van der Waals surface area contributed by atoms with Gasteiger partial charge in [0.1, 0.15) is 0 Å². The minimum absolute atomic E-state index is 0. The summed E-state index contributed by atoms with van der Waals surface area (Å²) in [5, 5.41) is 0. The third-order valence-corrected chi connectivity index (χ3v) is 2.84. The number of nitrogens with zero attached hydrogens (tertiary/aromatic N) is 1. The van der Waals surface area contributed by atoms with E-state index in [1.807, 2.05) is 4.90 Å². The van der Waals surface area contributed by atoms with Gasteiger partial charge in [-0.1, -0.05) is 13.3 Å². The number of likely N-dealkylation sites (tertiary alicyclic amines) is 1. The Bertz CT molecular complexity index is 220. The molecule has 0 amide bonds. The standard InChI is InChI=1S/C9H16BF3N.K/c1-3-9-4-5-14(7-9)6-8(2)10(11,12)13;/h9H,2-7H2,1H3;/q-1;+1. The molecule has 1 saturated heterocycles. The summed E-state index contributed by atoms with van der Waals surface area (Å²) in [6.07, 6.45) is 2.08. The maximum atomic E-state index is 12.2. The van der Waals surface area contributed by atoms with E-state index in [0.717, 1.165) is 25.9 Å². The predicted octanol–water partition coefficient (Wildman–Crippen LogP) is -0.335. The fourth-order valence-electron chi connectivity index (χ4n) is 1.78. The van der Waals surface area contributed by atoms with E-state index in [4.69, 9.17) is 0 Å². The molecule has 82 valence electrons. The molecule has 0 aromatic carbocycles. The topological polar surface area (TPSA) is 3.24 Å². The molecule has 0 bridgehead atoms. The van der Waals surface area contributed by atoms with E-state index in [9.17, 15) is 12.9 Å². The molecule has 1 aliphatic heterocycles. The molecule has 1 rings (SSSR count). The molecule has 0 saturated carbocycles. The molecule has 6 heteroatoms. The summed E-state index contributed by atoms with van der Waals surface area (Å²) in [7, 11) is 0. The zero-order valence-corrected chi connectivity index (χ0v) is 12.6. The summed E-state index contributed by atoms with van der Waals surface area (Å²) < 4.78 is 36.7. The van der Waals surface area contributed by atoms with E-state index in [1.54, 1.807) is 0 Å². The minimum atomic E-state index is -4.85. The molecular weight excluding hydrogens is 229 g/mol. The van der Waals surface area contributed by atoms with Crippen molar-refractivity contribution in [2.75, 3.05) is 19.6 Å². The van der Waals surface area contributed by atoms with Crippen molar-refractivity contribution in [2.45, 2.75) is 19.8 Å². The quantitative estimate of drug-likeness (QED) is 0.613. The third-order valence-electron chi connectivity index (χ3n) is 2.84. The summed E-state index contributed by atoms with van der Waals surface area (Å²) >= 11 is 0. The van der Waals surface area contributed by atoms with Crippen molar-refractivity contribution in [3.63, 3.8) is 0 Å². The monoisotopic (exact) mass is 245 g/mol. The summed E-state index contributed by atoms with van der Waals surface area (Å²) in [5.41, 5.74) is -0.568. The molecule has 0 aromatic heterocycles. The van der Waals surface area contributed by atoms with Gasteiger partial charge in [0, 0.05) is 6.54 Å². The van der Waals surface area contributed by atoms with Crippen LogP contribution in [0.25, 0.3) is 0 Å². The van der Waals surface area contributed by atoms with Crippen LogP contribution in [0.15, 0.2) is 12.1 Å². The van der Waals surface area contributed by atoms with Crippen LogP contribution in [0.3, 0.4) is 0 Å². The van der Waals surface area contributed by atoms with Crippen molar-refractivity contribution in [3.8, 4) is 0 Å². The van der Waals surface area contributed by atoms with Crippen LogP contribution in [-0.4, -0.2) is 31.5 Å². The zero-order valence-electron chi connectivity index (χ0n) is 9.48. The normalized spacial score (nSPS) is 22.5. The Morgan fingerprint density at radius 1 is 1.47 bits per heavy atom. The van der Waals surface area contributed by atoms with Crippen LogP contribution in [0.1, 0.15) is 19.8 Å². The van der Waals surface area contributed by atoms with Crippen LogP contribution in [0, 0.1) is 5.92 Å². The maximum absolute atomic E-state index is 12.2. The van der Waals surface area contributed by atoms with Gasteiger partial charge < -0.3 is 17.8 Å². The van der Waals surface area contributed by atoms with Crippen LogP contribution in [0.4, 0.5) is 12.9 Å². The Morgan fingerprint density at radius 2 is 2.07 bits per heavy atom. The molecule has 15 heavy (non-hydrogen) atoms. The smallest absolute Gasteiger partial charge is 0.445 e. The third kappa shape index (κ3) is 5.37. The second-order valence-electron chi connectivity index (χ2n) is 4.03. The van der Waals surface area contributed by atoms with E-state index < -0.39 is 12.4 Å². The van der Waals surface area contributed by atoms with E-state index in [0.29, 0.717) is 5.92 Å². The van der Waals surface area contributed by atoms with Crippen molar-refractivity contribution < 1.29 is 64.3 Å². The average molecular weight is 245 g/mol. The Kier molecular flexibility index (Phi) is 7.35. The Morgan fingerprint density at radius 3 is 2.47 bits per heavy atom. The van der Waals surface area contributed by atoms with Gasteiger partial charge in [-0.3, -0.25) is 0 Å². The van der Waals surface area contributed by atoms with E-state index in [2.05, 4.69) is 13.5 Å². The fraction of sp³-hybridized carbons (Fsp3) is 0.778. The minimum Gasteiger partial charge on any atom is -0.445 e. The Labute approximate surface area is 132 Å². The molecule has 1 atom stereocenters. The van der Waals surface area contributed by atoms with Crippen LogP contribution in [0.5, 0.6) is 0 Å². The number of rotatable bonds is 4. The number of halogens is 3. The van der Waals surface area contributed by atoms with Crippen molar-refractivity contribution in [3.05, 3.63) is 12.1 Å². The van der Waals surface area contributed by atoms with Crippen molar-refractivity contribution in [1.82, 2.24) is 4.90 Å². The molecule has 1 heterocycles. The van der Waals surface area contributed by atoms with Gasteiger partial charge >= 0.3 is 58.4 Å². The molecular formula is C9H16BF3KN. The molecule has 0 aliphatic carbocycles. The molecule has 0 spiro atoms. The first-order valence-electron chi connectivity index (χ1n) is 5.03. The Balaban J connectivity index is 0.00000196. The number of hydrogen-bond donors (Lipinski definition) is 0. The first-order valence-corrected chi connectivity index (χ1v) is 5.03. The second kappa shape index (κ2) is 6.81. The summed E-state index contributed by atoms with van der Waals surface area (Å²) in [5.74, 6) is 0.573. The van der Waals surface area contributed by atoms with E-state index in [1.165, 1.54) is 0 Å². The number of hydrogen-bond acceptors (Lipinski definition) is 1. The summed E-state index contributed by atoms with van der Waals surface area (Å²) in [6, 6.07) is 0. The van der Waals surface area contributed by atoms with Crippen molar-refractivity contribution in [2.24, 2.45) is 5.92 Å². The van der Waals surface area contributed by atoms with Gasteiger partial charge in [-0.25, -0.2) is 0 Å². The van der Waals surface area contributed by atoms with Crippen molar-refractivity contribution >= 4 is 6.98 Å². The average Bonchev–Trinajstić information content (AvgIpc) is 2.50. The van der Waals surface area contributed by atoms with E-state index in [-0.39, 0.29) is 57.9 Å².